The second kappa shape index (κ2) is 9.38. The van der Waals surface area contributed by atoms with E-state index in [0.29, 0.717) is 29.4 Å². The number of aryl methyl sites for hydroxylation is 1. The number of aromatic amines is 1. The van der Waals surface area contributed by atoms with Crippen LogP contribution in [0.1, 0.15) is 29.8 Å². The summed E-state index contributed by atoms with van der Waals surface area (Å²) in [6.45, 7) is 3.65. The highest BCUT2D eigenvalue weighted by atomic mass is 32.2. The van der Waals surface area contributed by atoms with Gasteiger partial charge in [-0.25, -0.2) is 9.89 Å². The maximum atomic E-state index is 12.6. The molecule has 3 aromatic rings. The van der Waals surface area contributed by atoms with Crippen molar-refractivity contribution in [3.05, 3.63) is 76.2 Å². The number of anilines is 1. The molecular formula is C21H22N4O3S. The van der Waals surface area contributed by atoms with Gasteiger partial charge in [0.1, 0.15) is 0 Å². The Morgan fingerprint density at radius 1 is 1.14 bits per heavy atom. The number of rotatable bonds is 8. The lowest BCUT2D eigenvalue weighted by Crippen LogP contribution is -2.25. The van der Waals surface area contributed by atoms with Gasteiger partial charge >= 0.3 is 5.69 Å². The second-order valence-corrected chi connectivity index (χ2v) is 7.86. The third-order valence-corrected chi connectivity index (χ3v) is 5.50. The molecule has 0 saturated carbocycles. The van der Waals surface area contributed by atoms with Gasteiger partial charge in [-0.2, -0.15) is 0 Å². The van der Waals surface area contributed by atoms with E-state index >= 15 is 0 Å². The molecule has 1 heterocycles. The highest BCUT2D eigenvalue weighted by Gasteiger charge is 2.20. The molecule has 29 heavy (non-hydrogen) atoms. The van der Waals surface area contributed by atoms with Crippen molar-refractivity contribution in [2.45, 2.75) is 37.2 Å². The second-order valence-electron chi connectivity index (χ2n) is 6.55. The van der Waals surface area contributed by atoms with Crippen molar-refractivity contribution in [1.82, 2.24) is 14.8 Å². The summed E-state index contributed by atoms with van der Waals surface area (Å²) in [5.74, 6) is -0.392. The van der Waals surface area contributed by atoms with Crippen molar-refractivity contribution in [1.29, 1.82) is 0 Å². The predicted molar refractivity (Wildman–Crippen MR) is 113 cm³/mol. The number of benzene rings is 2. The van der Waals surface area contributed by atoms with Crippen molar-refractivity contribution in [2.24, 2.45) is 0 Å². The van der Waals surface area contributed by atoms with E-state index in [2.05, 4.69) is 15.5 Å². The molecule has 0 aliphatic carbocycles. The standard InChI is InChI=1S/C21H22N4O3S/c1-14(26)17-10-6-7-11-18(17)22-19(27)15(2)29-21-24-23-20(28)25(21)13-12-16-8-4-3-5-9-16/h3-11,15H,12-13H2,1-2H3,(H,22,27)(H,23,28). The van der Waals surface area contributed by atoms with Gasteiger partial charge in [-0.3, -0.25) is 14.2 Å². The average Bonchev–Trinajstić information content (AvgIpc) is 3.06. The summed E-state index contributed by atoms with van der Waals surface area (Å²) in [6.07, 6.45) is 0.681. The van der Waals surface area contributed by atoms with E-state index in [0.717, 1.165) is 5.56 Å². The molecule has 2 N–H and O–H groups in total. The summed E-state index contributed by atoms with van der Waals surface area (Å²) < 4.78 is 1.53. The molecular weight excluding hydrogens is 388 g/mol. The predicted octanol–water partition coefficient (Wildman–Crippen LogP) is 3.14. The molecule has 1 atom stereocenters. The fraction of sp³-hybridized carbons (Fsp3) is 0.238. The van der Waals surface area contributed by atoms with E-state index < -0.39 is 5.25 Å². The van der Waals surface area contributed by atoms with Gasteiger partial charge < -0.3 is 5.32 Å². The Bertz CT molecular complexity index is 1060. The first kappa shape index (κ1) is 20.6. The van der Waals surface area contributed by atoms with Crippen molar-refractivity contribution in [3.63, 3.8) is 0 Å². The van der Waals surface area contributed by atoms with E-state index in [1.807, 2.05) is 30.3 Å². The van der Waals surface area contributed by atoms with Crippen LogP contribution < -0.4 is 11.0 Å². The normalized spacial score (nSPS) is 11.8. The summed E-state index contributed by atoms with van der Waals surface area (Å²) in [7, 11) is 0. The van der Waals surface area contributed by atoms with Crippen molar-refractivity contribution >= 4 is 29.1 Å². The first-order valence-electron chi connectivity index (χ1n) is 9.22. The fourth-order valence-corrected chi connectivity index (χ4v) is 3.70. The maximum Gasteiger partial charge on any atom is 0.343 e. The number of para-hydroxylation sites is 1. The van der Waals surface area contributed by atoms with E-state index in [9.17, 15) is 14.4 Å². The highest BCUT2D eigenvalue weighted by molar-refractivity contribution is 8.00. The van der Waals surface area contributed by atoms with Crippen LogP contribution in [0, 0.1) is 0 Å². The first-order valence-corrected chi connectivity index (χ1v) is 10.1. The van der Waals surface area contributed by atoms with Gasteiger partial charge in [0.15, 0.2) is 10.9 Å². The zero-order chi connectivity index (χ0) is 20.8. The third-order valence-electron chi connectivity index (χ3n) is 4.41. The molecule has 0 saturated heterocycles. The van der Waals surface area contributed by atoms with E-state index in [-0.39, 0.29) is 17.4 Å². The Morgan fingerprint density at radius 2 is 1.83 bits per heavy atom. The Balaban J connectivity index is 1.68. The van der Waals surface area contributed by atoms with Crippen LogP contribution in [0.2, 0.25) is 0 Å². The minimum atomic E-state index is -0.513. The lowest BCUT2D eigenvalue weighted by atomic mass is 10.1. The van der Waals surface area contributed by atoms with Crippen molar-refractivity contribution in [2.75, 3.05) is 5.32 Å². The molecule has 3 rings (SSSR count). The first-order chi connectivity index (χ1) is 14.0. The Morgan fingerprint density at radius 3 is 2.55 bits per heavy atom. The van der Waals surface area contributed by atoms with Gasteiger partial charge in [0, 0.05) is 12.1 Å². The number of nitrogens with one attached hydrogen (secondary N) is 2. The summed E-state index contributed by atoms with van der Waals surface area (Å²) >= 11 is 1.19. The number of nitrogens with zero attached hydrogens (tertiary/aromatic N) is 2. The lowest BCUT2D eigenvalue weighted by Gasteiger charge is -2.14. The Kier molecular flexibility index (Phi) is 6.66. The number of hydrogen-bond acceptors (Lipinski definition) is 5. The molecule has 1 aromatic heterocycles. The SMILES string of the molecule is CC(=O)c1ccccc1NC(=O)C(C)Sc1n[nH]c(=O)n1CCc1ccccc1. The lowest BCUT2D eigenvalue weighted by molar-refractivity contribution is -0.115. The van der Waals surface area contributed by atoms with Crippen LogP contribution in [0.5, 0.6) is 0 Å². The Labute approximate surface area is 172 Å². The molecule has 0 aliphatic rings. The quantitative estimate of drug-likeness (QED) is 0.439. The fourth-order valence-electron chi connectivity index (χ4n) is 2.82. The molecule has 1 unspecified atom stereocenters. The smallest absolute Gasteiger partial charge is 0.324 e. The molecule has 0 bridgehead atoms. The topological polar surface area (TPSA) is 96.8 Å². The average molecular weight is 410 g/mol. The van der Waals surface area contributed by atoms with Gasteiger partial charge in [-0.15, -0.1) is 5.10 Å². The number of Topliss-reactive ketones (excluding diaryl/α,β-unsaturated/α-hetero) is 1. The van der Waals surface area contributed by atoms with Gasteiger partial charge in [-0.05, 0) is 38.0 Å². The van der Waals surface area contributed by atoms with Crippen LogP contribution >= 0.6 is 11.8 Å². The summed E-state index contributed by atoms with van der Waals surface area (Å²) in [4.78, 5) is 36.5. The number of H-pyrrole nitrogens is 1. The zero-order valence-corrected chi connectivity index (χ0v) is 17.0. The van der Waals surface area contributed by atoms with Crippen LogP contribution in [0.15, 0.2) is 64.5 Å². The number of carbonyl (C=O) groups is 2. The molecule has 0 aliphatic heterocycles. The van der Waals surface area contributed by atoms with Gasteiger partial charge in [-0.1, -0.05) is 54.2 Å². The summed E-state index contributed by atoms with van der Waals surface area (Å²) in [6, 6.07) is 16.7. The molecule has 8 heteroatoms. The summed E-state index contributed by atoms with van der Waals surface area (Å²) in [5, 5.41) is 9.24. The monoisotopic (exact) mass is 410 g/mol. The molecule has 1 amide bonds. The largest absolute Gasteiger partial charge is 0.343 e. The molecule has 0 spiro atoms. The van der Waals surface area contributed by atoms with Gasteiger partial charge in [0.05, 0.1) is 10.9 Å². The minimum absolute atomic E-state index is 0.122. The number of amides is 1. The molecule has 7 nitrogen and oxygen atoms in total. The number of aromatic nitrogens is 3. The highest BCUT2D eigenvalue weighted by Crippen LogP contribution is 2.23. The number of carbonyl (C=O) groups excluding carboxylic acids is 2. The zero-order valence-electron chi connectivity index (χ0n) is 16.2. The summed E-state index contributed by atoms with van der Waals surface area (Å²) in [5.41, 5.74) is 1.74. The van der Waals surface area contributed by atoms with Crippen LogP contribution in [-0.4, -0.2) is 31.7 Å². The molecule has 0 fully saturated rings. The van der Waals surface area contributed by atoms with Crippen LogP contribution in [-0.2, 0) is 17.8 Å². The minimum Gasteiger partial charge on any atom is -0.324 e. The molecule has 150 valence electrons. The van der Waals surface area contributed by atoms with Crippen LogP contribution in [0.25, 0.3) is 0 Å². The van der Waals surface area contributed by atoms with Crippen molar-refractivity contribution < 1.29 is 9.59 Å². The van der Waals surface area contributed by atoms with Crippen LogP contribution in [0.4, 0.5) is 5.69 Å². The van der Waals surface area contributed by atoms with Crippen LogP contribution in [0.3, 0.4) is 0 Å². The number of thioether (sulfide) groups is 1. The number of ketones is 1. The maximum absolute atomic E-state index is 12.6. The van der Waals surface area contributed by atoms with Gasteiger partial charge in [0.25, 0.3) is 0 Å². The molecule has 2 aromatic carbocycles. The van der Waals surface area contributed by atoms with E-state index in [1.165, 1.54) is 23.3 Å². The molecule has 0 radical (unpaired) electrons. The van der Waals surface area contributed by atoms with E-state index in [1.54, 1.807) is 31.2 Å². The van der Waals surface area contributed by atoms with E-state index in [4.69, 9.17) is 0 Å². The van der Waals surface area contributed by atoms with Crippen molar-refractivity contribution in [3.8, 4) is 0 Å². The Hall–Kier alpha value is -3.13. The third kappa shape index (κ3) is 5.23. The number of hydrogen-bond donors (Lipinski definition) is 2. The van der Waals surface area contributed by atoms with Gasteiger partial charge in [0.2, 0.25) is 5.91 Å².